The quantitative estimate of drug-likeness (QED) is 0.802. The number of fused-ring (bicyclic) bond motifs is 4. The third-order valence-electron chi connectivity index (χ3n) is 5.45. The normalized spacial score (nSPS) is 34.2. The molecule has 0 spiro atoms. The molecule has 19 heavy (non-hydrogen) atoms. The predicted octanol–water partition coefficient (Wildman–Crippen LogP) is 2.53. The lowest BCUT2D eigenvalue weighted by Crippen LogP contribution is -2.53. The van der Waals surface area contributed by atoms with Gasteiger partial charge in [0.1, 0.15) is 0 Å². The summed E-state index contributed by atoms with van der Waals surface area (Å²) in [5.74, 6) is 1.03. The molecule has 3 saturated heterocycles. The highest BCUT2D eigenvalue weighted by molar-refractivity contribution is 5.29. The molecule has 0 amide bonds. The first-order valence-corrected chi connectivity index (χ1v) is 7.92. The first-order valence-electron chi connectivity index (χ1n) is 7.92. The Hall–Kier alpha value is -0.860. The molecule has 4 heterocycles. The molecule has 0 N–H and O–H groups in total. The van der Waals surface area contributed by atoms with Crippen molar-refractivity contribution in [2.24, 2.45) is 5.92 Å². The highest BCUT2D eigenvalue weighted by Gasteiger charge is 2.34. The molecule has 4 aliphatic heterocycles. The molecule has 1 aromatic rings. The summed E-state index contributed by atoms with van der Waals surface area (Å²) in [6.07, 6.45) is 5.61. The van der Waals surface area contributed by atoms with Gasteiger partial charge in [-0.15, -0.1) is 0 Å². The van der Waals surface area contributed by atoms with E-state index >= 15 is 0 Å². The Balaban J connectivity index is 1.42. The Morgan fingerprint density at radius 1 is 1.00 bits per heavy atom. The van der Waals surface area contributed by atoms with E-state index in [1.165, 1.54) is 58.4 Å². The maximum absolute atomic E-state index is 2.75. The van der Waals surface area contributed by atoms with Gasteiger partial charge in [0.2, 0.25) is 0 Å². The summed E-state index contributed by atoms with van der Waals surface area (Å²) < 4.78 is 0. The topological polar surface area (TPSA) is 6.48 Å². The van der Waals surface area contributed by atoms with Crippen molar-refractivity contribution in [2.45, 2.75) is 38.3 Å². The molecular formula is C17H24N2. The van der Waals surface area contributed by atoms with Gasteiger partial charge < -0.3 is 0 Å². The van der Waals surface area contributed by atoms with Crippen LogP contribution in [0, 0.1) is 5.92 Å². The predicted molar refractivity (Wildman–Crippen MR) is 78.1 cm³/mol. The van der Waals surface area contributed by atoms with E-state index in [1.54, 1.807) is 11.1 Å². The number of hydrogen-bond donors (Lipinski definition) is 0. The zero-order chi connectivity index (χ0) is 12.7. The van der Waals surface area contributed by atoms with Crippen LogP contribution in [0.5, 0.6) is 0 Å². The van der Waals surface area contributed by atoms with Crippen LogP contribution in [-0.4, -0.2) is 42.0 Å². The van der Waals surface area contributed by atoms with Crippen LogP contribution in [-0.2, 0) is 13.0 Å². The first kappa shape index (κ1) is 11.9. The van der Waals surface area contributed by atoms with E-state index in [0.717, 1.165) is 12.0 Å². The SMILES string of the molecule is c1ccc2c(c1)CCN(CC1CC3CCN1CC3)C2. The Morgan fingerprint density at radius 3 is 2.53 bits per heavy atom. The summed E-state index contributed by atoms with van der Waals surface area (Å²) in [5.41, 5.74) is 3.13. The summed E-state index contributed by atoms with van der Waals surface area (Å²) in [4.78, 5) is 5.44. The van der Waals surface area contributed by atoms with Crippen molar-refractivity contribution in [1.29, 1.82) is 0 Å². The van der Waals surface area contributed by atoms with Crippen LogP contribution in [0.15, 0.2) is 24.3 Å². The highest BCUT2D eigenvalue weighted by atomic mass is 15.2. The zero-order valence-electron chi connectivity index (χ0n) is 11.7. The zero-order valence-corrected chi connectivity index (χ0v) is 11.7. The van der Waals surface area contributed by atoms with Crippen LogP contribution in [0.25, 0.3) is 0 Å². The molecule has 5 rings (SSSR count). The average molecular weight is 256 g/mol. The van der Waals surface area contributed by atoms with E-state index in [4.69, 9.17) is 0 Å². The smallest absolute Gasteiger partial charge is 0.0237 e. The number of benzene rings is 1. The fraction of sp³-hybridized carbons (Fsp3) is 0.647. The van der Waals surface area contributed by atoms with Crippen molar-refractivity contribution in [2.75, 3.05) is 26.2 Å². The molecule has 102 valence electrons. The third-order valence-corrected chi connectivity index (χ3v) is 5.45. The monoisotopic (exact) mass is 256 g/mol. The van der Waals surface area contributed by atoms with Gasteiger partial charge in [-0.05, 0) is 55.8 Å². The number of rotatable bonds is 2. The summed E-state index contributed by atoms with van der Waals surface area (Å²) >= 11 is 0. The van der Waals surface area contributed by atoms with Gasteiger partial charge in [0.05, 0.1) is 0 Å². The van der Waals surface area contributed by atoms with Gasteiger partial charge in [-0.2, -0.15) is 0 Å². The Morgan fingerprint density at radius 2 is 1.79 bits per heavy atom. The molecule has 4 aliphatic rings. The van der Waals surface area contributed by atoms with E-state index in [9.17, 15) is 0 Å². The minimum Gasteiger partial charge on any atom is -0.299 e. The molecule has 3 fully saturated rings. The van der Waals surface area contributed by atoms with Crippen LogP contribution in [0.2, 0.25) is 0 Å². The second kappa shape index (κ2) is 4.92. The molecule has 2 heteroatoms. The van der Waals surface area contributed by atoms with E-state index in [2.05, 4.69) is 34.1 Å². The van der Waals surface area contributed by atoms with Gasteiger partial charge in [0.15, 0.2) is 0 Å². The molecule has 1 unspecified atom stereocenters. The summed E-state index contributed by atoms with van der Waals surface area (Å²) in [6, 6.07) is 9.83. The molecule has 2 nitrogen and oxygen atoms in total. The van der Waals surface area contributed by atoms with Crippen LogP contribution in [0.3, 0.4) is 0 Å². The van der Waals surface area contributed by atoms with E-state index < -0.39 is 0 Å². The van der Waals surface area contributed by atoms with E-state index in [1.807, 2.05) is 0 Å². The molecule has 0 aliphatic carbocycles. The van der Waals surface area contributed by atoms with Crippen molar-refractivity contribution in [3.8, 4) is 0 Å². The van der Waals surface area contributed by atoms with E-state index in [-0.39, 0.29) is 0 Å². The van der Waals surface area contributed by atoms with Gasteiger partial charge in [0, 0.05) is 25.7 Å². The lowest BCUT2D eigenvalue weighted by atomic mass is 9.83. The van der Waals surface area contributed by atoms with Crippen molar-refractivity contribution in [1.82, 2.24) is 9.80 Å². The lowest BCUT2D eigenvalue weighted by molar-refractivity contribution is 0.0258. The number of piperidine rings is 3. The molecule has 0 aromatic heterocycles. The Bertz CT molecular complexity index is 448. The third kappa shape index (κ3) is 2.32. The standard InChI is InChI=1S/C17H24N2/c1-2-4-16-12-18(8-7-15(16)3-1)13-17-11-14-5-9-19(17)10-6-14/h1-4,14,17H,5-13H2. The fourth-order valence-corrected chi connectivity index (χ4v) is 4.29. The van der Waals surface area contributed by atoms with Crippen molar-refractivity contribution in [3.05, 3.63) is 35.4 Å². The largest absolute Gasteiger partial charge is 0.299 e. The molecule has 2 bridgehead atoms. The molecule has 0 radical (unpaired) electrons. The summed E-state index contributed by atoms with van der Waals surface area (Å²) in [7, 11) is 0. The molecule has 0 saturated carbocycles. The number of hydrogen-bond acceptors (Lipinski definition) is 2. The van der Waals surface area contributed by atoms with Gasteiger partial charge in [0.25, 0.3) is 0 Å². The summed E-state index contributed by atoms with van der Waals surface area (Å²) in [6.45, 7) is 6.45. The van der Waals surface area contributed by atoms with Gasteiger partial charge >= 0.3 is 0 Å². The minimum absolute atomic E-state index is 0.845. The second-order valence-electron chi connectivity index (χ2n) is 6.62. The lowest BCUT2D eigenvalue weighted by Gasteiger charge is -2.47. The van der Waals surface area contributed by atoms with Crippen LogP contribution in [0.1, 0.15) is 30.4 Å². The Labute approximate surface area is 116 Å². The second-order valence-corrected chi connectivity index (χ2v) is 6.62. The highest BCUT2D eigenvalue weighted by Crippen LogP contribution is 2.32. The minimum atomic E-state index is 0.845. The molecule has 1 atom stereocenters. The first-order chi connectivity index (χ1) is 9.38. The van der Waals surface area contributed by atoms with Gasteiger partial charge in [-0.1, -0.05) is 24.3 Å². The number of nitrogens with zero attached hydrogens (tertiary/aromatic N) is 2. The Kier molecular flexibility index (Phi) is 3.08. The van der Waals surface area contributed by atoms with Crippen LogP contribution in [0.4, 0.5) is 0 Å². The average Bonchev–Trinajstić information content (AvgIpc) is 2.48. The molecular weight excluding hydrogens is 232 g/mol. The maximum Gasteiger partial charge on any atom is 0.0237 e. The van der Waals surface area contributed by atoms with Crippen LogP contribution < -0.4 is 0 Å². The molecule has 1 aromatic carbocycles. The maximum atomic E-state index is 2.75. The van der Waals surface area contributed by atoms with Gasteiger partial charge in [-0.25, -0.2) is 0 Å². The van der Waals surface area contributed by atoms with E-state index in [0.29, 0.717) is 0 Å². The fourth-order valence-electron chi connectivity index (χ4n) is 4.29. The van der Waals surface area contributed by atoms with Crippen molar-refractivity contribution >= 4 is 0 Å². The van der Waals surface area contributed by atoms with Crippen LogP contribution >= 0.6 is 0 Å². The van der Waals surface area contributed by atoms with Crippen molar-refractivity contribution in [3.63, 3.8) is 0 Å². The summed E-state index contributed by atoms with van der Waals surface area (Å²) in [5, 5.41) is 0. The van der Waals surface area contributed by atoms with Gasteiger partial charge in [-0.3, -0.25) is 9.80 Å². The van der Waals surface area contributed by atoms with Crippen molar-refractivity contribution < 1.29 is 0 Å².